The molecule has 0 aliphatic carbocycles. The molecule has 0 saturated carbocycles. The van der Waals surface area contributed by atoms with Gasteiger partial charge in [0.05, 0.1) is 12.7 Å². The van der Waals surface area contributed by atoms with Gasteiger partial charge in [0.25, 0.3) is 0 Å². The lowest BCUT2D eigenvalue weighted by molar-refractivity contribution is 0.0697. The maximum atomic E-state index is 11.6. The SMILES string of the molecule is CCC(NCc1ccc(C(=O)O)cc1)C(C)c1cc(OC)ccc1S(=O)[O-]. The molecule has 0 radical (unpaired) electrons. The summed E-state index contributed by atoms with van der Waals surface area (Å²) in [5.74, 6) is -0.396. The van der Waals surface area contributed by atoms with Gasteiger partial charge in [-0.25, -0.2) is 4.79 Å². The average molecular weight is 390 g/mol. The Morgan fingerprint density at radius 2 is 1.93 bits per heavy atom. The van der Waals surface area contributed by atoms with E-state index in [0.29, 0.717) is 17.9 Å². The number of hydrogen-bond acceptors (Lipinski definition) is 5. The second kappa shape index (κ2) is 9.64. The molecule has 7 heteroatoms. The van der Waals surface area contributed by atoms with Gasteiger partial charge in [-0.15, -0.1) is 0 Å². The fraction of sp³-hybridized carbons (Fsp3) is 0.350. The zero-order chi connectivity index (χ0) is 20.0. The van der Waals surface area contributed by atoms with E-state index in [9.17, 15) is 13.6 Å². The fourth-order valence-corrected chi connectivity index (χ4v) is 3.68. The van der Waals surface area contributed by atoms with Crippen molar-refractivity contribution in [1.29, 1.82) is 0 Å². The van der Waals surface area contributed by atoms with Crippen LogP contribution in [0.1, 0.15) is 47.7 Å². The third-order valence-corrected chi connectivity index (χ3v) is 5.43. The minimum Gasteiger partial charge on any atom is -0.768 e. The van der Waals surface area contributed by atoms with E-state index in [4.69, 9.17) is 9.84 Å². The Kier molecular flexibility index (Phi) is 7.53. The van der Waals surface area contributed by atoms with Crippen molar-refractivity contribution >= 4 is 17.0 Å². The zero-order valence-electron chi connectivity index (χ0n) is 15.6. The minimum atomic E-state index is -2.33. The van der Waals surface area contributed by atoms with Crippen LogP contribution in [0.4, 0.5) is 0 Å². The predicted octanol–water partition coefficient (Wildman–Crippen LogP) is 3.30. The van der Waals surface area contributed by atoms with E-state index in [-0.39, 0.29) is 22.4 Å². The van der Waals surface area contributed by atoms with E-state index in [1.165, 1.54) is 0 Å². The van der Waals surface area contributed by atoms with Crippen LogP contribution in [0.2, 0.25) is 0 Å². The van der Waals surface area contributed by atoms with E-state index in [2.05, 4.69) is 5.32 Å². The lowest BCUT2D eigenvalue weighted by Crippen LogP contribution is -2.33. The van der Waals surface area contributed by atoms with Crippen LogP contribution in [0.5, 0.6) is 5.75 Å². The molecule has 0 saturated heterocycles. The van der Waals surface area contributed by atoms with Crippen LogP contribution < -0.4 is 10.1 Å². The maximum Gasteiger partial charge on any atom is 0.335 e. The lowest BCUT2D eigenvalue weighted by Gasteiger charge is -2.27. The molecule has 2 aromatic carbocycles. The summed E-state index contributed by atoms with van der Waals surface area (Å²) in [4.78, 5) is 11.2. The Morgan fingerprint density at radius 1 is 1.26 bits per heavy atom. The standard InChI is InChI=1S/C20H25NO5S/c1-4-18(21-12-14-5-7-15(8-6-14)20(22)23)13(2)17-11-16(26-3)9-10-19(17)27(24)25/h5-11,13,18,21H,4,12H2,1-3H3,(H,22,23)(H,24,25)/p-1. The topological polar surface area (TPSA) is 98.7 Å². The molecule has 27 heavy (non-hydrogen) atoms. The van der Waals surface area contributed by atoms with Gasteiger partial charge in [-0.05, 0) is 64.9 Å². The van der Waals surface area contributed by atoms with E-state index < -0.39 is 17.0 Å². The second-order valence-electron chi connectivity index (χ2n) is 6.32. The van der Waals surface area contributed by atoms with Crippen LogP contribution in [0.15, 0.2) is 47.4 Å². The number of carbonyl (C=O) groups is 1. The molecule has 0 spiro atoms. The molecule has 0 amide bonds. The molecule has 2 rings (SSSR count). The summed E-state index contributed by atoms with van der Waals surface area (Å²) in [5, 5.41) is 12.4. The molecule has 0 aliphatic rings. The molecule has 146 valence electrons. The fourth-order valence-electron chi connectivity index (χ4n) is 3.07. The van der Waals surface area contributed by atoms with Crippen LogP contribution in [0.3, 0.4) is 0 Å². The summed E-state index contributed by atoms with van der Waals surface area (Å²) in [5.41, 5.74) is 1.92. The molecule has 3 unspecified atom stereocenters. The van der Waals surface area contributed by atoms with Crippen molar-refractivity contribution in [2.45, 2.75) is 43.7 Å². The van der Waals surface area contributed by atoms with Gasteiger partial charge in [-0.2, -0.15) is 0 Å². The normalized spacial score (nSPS) is 14.4. The van der Waals surface area contributed by atoms with Crippen molar-refractivity contribution in [2.75, 3.05) is 7.11 Å². The highest BCUT2D eigenvalue weighted by Crippen LogP contribution is 2.30. The lowest BCUT2D eigenvalue weighted by atomic mass is 9.91. The Morgan fingerprint density at radius 3 is 2.44 bits per heavy atom. The molecule has 3 atom stereocenters. The quantitative estimate of drug-likeness (QED) is 0.638. The summed E-state index contributed by atoms with van der Waals surface area (Å²) in [6.45, 7) is 4.58. The Bertz CT molecular complexity index is 807. The smallest absolute Gasteiger partial charge is 0.335 e. The Balaban J connectivity index is 2.16. The summed E-state index contributed by atoms with van der Waals surface area (Å²) >= 11 is -2.33. The van der Waals surface area contributed by atoms with Gasteiger partial charge in [-0.3, -0.25) is 4.21 Å². The highest BCUT2D eigenvalue weighted by Gasteiger charge is 2.21. The first kappa shape index (κ1) is 21.1. The maximum absolute atomic E-state index is 11.6. The molecular weight excluding hydrogens is 366 g/mol. The Labute approximate surface area is 161 Å². The zero-order valence-corrected chi connectivity index (χ0v) is 16.4. The van der Waals surface area contributed by atoms with E-state index in [0.717, 1.165) is 12.0 Å². The summed E-state index contributed by atoms with van der Waals surface area (Å²) in [7, 11) is 1.55. The minimum absolute atomic E-state index is 0.0403. The third-order valence-electron chi connectivity index (χ3n) is 4.70. The number of aromatic carboxylic acids is 1. The average Bonchev–Trinajstić information content (AvgIpc) is 2.67. The number of nitrogens with one attached hydrogen (secondary N) is 1. The first-order valence-corrected chi connectivity index (χ1v) is 9.77. The van der Waals surface area contributed by atoms with Crippen molar-refractivity contribution in [2.24, 2.45) is 0 Å². The number of carboxylic acids is 1. The number of methoxy groups -OCH3 is 1. The molecule has 0 heterocycles. The van der Waals surface area contributed by atoms with Gasteiger partial charge in [0, 0.05) is 17.5 Å². The van der Waals surface area contributed by atoms with Gasteiger partial charge in [0.1, 0.15) is 5.75 Å². The van der Waals surface area contributed by atoms with Crippen LogP contribution in [-0.4, -0.2) is 33.0 Å². The van der Waals surface area contributed by atoms with Gasteiger partial charge < -0.3 is 19.7 Å². The van der Waals surface area contributed by atoms with Crippen molar-refractivity contribution in [3.63, 3.8) is 0 Å². The number of ether oxygens (including phenoxy) is 1. The van der Waals surface area contributed by atoms with Gasteiger partial charge in [-0.1, -0.05) is 26.0 Å². The predicted molar refractivity (Wildman–Crippen MR) is 103 cm³/mol. The van der Waals surface area contributed by atoms with Gasteiger partial charge >= 0.3 is 5.97 Å². The van der Waals surface area contributed by atoms with Crippen molar-refractivity contribution in [3.05, 3.63) is 59.2 Å². The number of carboxylic acid groups (broad SMARTS) is 1. The molecule has 0 fully saturated rings. The van der Waals surface area contributed by atoms with Gasteiger partial charge in [0.15, 0.2) is 0 Å². The molecule has 0 aliphatic heterocycles. The number of rotatable bonds is 9. The molecule has 6 nitrogen and oxygen atoms in total. The van der Waals surface area contributed by atoms with Crippen LogP contribution >= 0.6 is 0 Å². The highest BCUT2D eigenvalue weighted by molar-refractivity contribution is 7.79. The van der Waals surface area contributed by atoms with Crippen molar-refractivity contribution < 1.29 is 23.4 Å². The third kappa shape index (κ3) is 5.38. The van der Waals surface area contributed by atoms with E-state index in [1.54, 1.807) is 49.6 Å². The highest BCUT2D eigenvalue weighted by atomic mass is 32.2. The van der Waals surface area contributed by atoms with E-state index in [1.807, 2.05) is 13.8 Å². The first-order chi connectivity index (χ1) is 12.9. The number of benzene rings is 2. The molecule has 0 bridgehead atoms. The number of hydrogen-bond donors (Lipinski definition) is 2. The largest absolute Gasteiger partial charge is 0.768 e. The van der Waals surface area contributed by atoms with E-state index >= 15 is 0 Å². The van der Waals surface area contributed by atoms with Crippen molar-refractivity contribution in [3.8, 4) is 5.75 Å². The van der Waals surface area contributed by atoms with Crippen LogP contribution in [-0.2, 0) is 17.6 Å². The second-order valence-corrected chi connectivity index (χ2v) is 7.23. The Hall–Kier alpha value is -2.22. The molecule has 0 aromatic heterocycles. The summed E-state index contributed by atoms with van der Waals surface area (Å²) in [6.07, 6.45) is 0.802. The molecule has 2 N–H and O–H groups in total. The summed E-state index contributed by atoms with van der Waals surface area (Å²) < 4.78 is 28.4. The molecular formula is C20H24NO5S-. The van der Waals surface area contributed by atoms with Crippen LogP contribution in [0.25, 0.3) is 0 Å². The van der Waals surface area contributed by atoms with Crippen molar-refractivity contribution in [1.82, 2.24) is 5.32 Å². The molecule has 2 aromatic rings. The monoisotopic (exact) mass is 390 g/mol. The van der Waals surface area contributed by atoms with Gasteiger partial charge in [0.2, 0.25) is 0 Å². The first-order valence-electron chi connectivity index (χ1n) is 8.70. The summed E-state index contributed by atoms with van der Waals surface area (Å²) in [6, 6.07) is 11.7. The van der Waals surface area contributed by atoms with Crippen LogP contribution in [0, 0.1) is 0 Å².